The van der Waals surface area contributed by atoms with Gasteiger partial charge < -0.3 is 15.2 Å². The fraction of sp³-hybridized carbons (Fsp3) is 0.526. The molecule has 3 rings (SSSR count). The standard InChI is InChI=1S/C19H26N4O2/c1-3-13(2)21-18(24)12-23-16-7-5-4-6-15(16)22-17(23)10-11-20-19(25)14-8-9-14/h4-7,13-14H,3,8-12H2,1-2H3,(H,20,25)(H,21,24). The van der Waals surface area contributed by atoms with Crippen molar-refractivity contribution in [1.29, 1.82) is 0 Å². The minimum atomic E-state index is -0.0132. The lowest BCUT2D eigenvalue weighted by Crippen LogP contribution is -2.35. The number of imidazole rings is 1. The van der Waals surface area contributed by atoms with Crippen LogP contribution < -0.4 is 10.6 Å². The summed E-state index contributed by atoms with van der Waals surface area (Å²) in [7, 11) is 0. The Morgan fingerprint density at radius 2 is 2.08 bits per heavy atom. The smallest absolute Gasteiger partial charge is 0.240 e. The first-order valence-corrected chi connectivity index (χ1v) is 9.09. The lowest BCUT2D eigenvalue weighted by atomic mass is 10.2. The Morgan fingerprint density at radius 3 is 2.80 bits per heavy atom. The molecule has 2 amide bonds. The van der Waals surface area contributed by atoms with E-state index in [1.165, 1.54) is 0 Å². The van der Waals surface area contributed by atoms with Crippen molar-refractivity contribution < 1.29 is 9.59 Å². The molecule has 1 fully saturated rings. The van der Waals surface area contributed by atoms with Gasteiger partial charge in [0.2, 0.25) is 11.8 Å². The zero-order valence-electron chi connectivity index (χ0n) is 14.9. The van der Waals surface area contributed by atoms with Gasteiger partial charge in [-0.3, -0.25) is 9.59 Å². The number of amides is 2. The van der Waals surface area contributed by atoms with Crippen molar-refractivity contribution in [1.82, 2.24) is 20.2 Å². The first-order chi connectivity index (χ1) is 12.1. The highest BCUT2D eigenvalue weighted by Gasteiger charge is 2.29. The van der Waals surface area contributed by atoms with Crippen LogP contribution in [0.2, 0.25) is 0 Å². The molecule has 0 spiro atoms. The first-order valence-electron chi connectivity index (χ1n) is 9.09. The molecule has 1 heterocycles. The van der Waals surface area contributed by atoms with Gasteiger partial charge in [0.15, 0.2) is 0 Å². The Hall–Kier alpha value is -2.37. The number of carbonyl (C=O) groups is 2. The van der Waals surface area contributed by atoms with Gasteiger partial charge in [-0.2, -0.15) is 0 Å². The summed E-state index contributed by atoms with van der Waals surface area (Å²) in [4.78, 5) is 28.8. The number of benzene rings is 1. The summed E-state index contributed by atoms with van der Waals surface area (Å²) < 4.78 is 1.95. The van der Waals surface area contributed by atoms with Crippen LogP contribution in [-0.2, 0) is 22.6 Å². The molecule has 0 aliphatic heterocycles. The third kappa shape index (κ3) is 4.38. The van der Waals surface area contributed by atoms with Gasteiger partial charge in [-0.05, 0) is 38.3 Å². The summed E-state index contributed by atoms with van der Waals surface area (Å²) in [6.45, 7) is 4.84. The van der Waals surface area contributed by atoms with Crippen molar-refractivity contribution >= 4 is 22.8 Å². The monoisotopic (exact) mass is 342 g/mol. The molecule has 0 bridgehead atoms. The normalized spacial score (nSPS) is 15.1. The predicted octanol–water partition coefficient (Wildman–Crippen LogP) is 2.02. The van der Waals surface area contributed by atoms with Crippen molar-refractivity contribution in [3.8, 4) is 0 Å². The number of rotatable bonds is 8. The maximum absolute atomic E-state index is 12.3. The fourth-order valence-corrected chi connectivity index (χ4v) is 2.85. The quantitative estimate of drug-likeness (QED) is 0.770. The number of nitrogens with one attached hydrogen (secondary N) is 2. The van der Waals surface area contributed by atoms with E-state index in [1.54, 1.807) is 0 Å². The molecule has 1 aliphatic carbocycles. The Kier molecular flexibility index (Phi) is 5.36. The maximum Gasteiger partial charge on any atom is 0.240 e. The molecule has 1 atom stereocenters. The minimum Gasteiger partial charge on any atom is -0.355 e. The van der Waals surface area contributed by atoms with Crippen molar-refractivity contribution in [3.05, 3.63) is 30.1 Å². The highest BCUT2D eigenvalue weighted by Crippen LogP contribution is 2.28. The van der Waals surface area contributed by atoms with E-state index in [2.05, 4.69) is 15.6 Å². The number of carbonyl (C=O) groups excluding carboxylic acids is 2. The van der Waals surface area contributed by atoms with Gasteiger partial charge in [0, 0.05) is 24.9 Å². The van der Waals surface area contributed by atoms with Crippen LogP contribution in [0.3, 0.4) is 0 Å². The Balaban J connectivity index is 1.72. The molecule has 2 N–H and O–H groups in total. The Morgan fingerprint density at radius 1 is 1.32 bits per heavy atom. The number of nitrogens with zero attached hydrogens (tertiary/aromatic N) is 2. The molecule has 6 heteroatoms. The molecule has 0 saturated heterocycles. The largest absolute Gasteiger partial charge is 0.355 e. The second-order valence-electron chi connectivity index (χ2n) is 6.80. The van der Waals surface area contributed by atoms with Crippen LogP contribution in [0.25, 0.3) is 11.0 Å². The van der Waals surface area contributed by atoms with Crippen LogP contribution >= 0.6 is 0 Å². The van der Waals surface area contributed by atoms with Crippen molar-refractivity contribution in [3.63, 3.8) is 0 Å². The van der Waals surface area contributed by atoms with E-state index in [9.17, 15) is 9.59 Å². The van der Waals surface area contributed by atoms with E-state index in [4.69, 9.17) is 0 Å². The van der Waals surface area contributed by atoms with Crippen molar-refractivity contribution in [2.45, 2.75) is 52.1 Å². The van der Waals surface area contributed by atoms with E-state index in [0.717, 1.165) is 36.1 Å². The highest BCUT2D eigenvalue weighted by atomic mass is 16.2. The van der Waals surface area contributed by atoms with Crippen LogP contribution in [-0.4, -0.2) is 34.0 Å². The number of hydrogen-bond acceptors (Lipinski definition) is 3. The van der Waals surface area contributed by atoms with Gasteiger partial charge in [0.1, 0.15) is 12.4 Å². The molecule has 0 radical (unpaired) electrons. The number of para-hydroxylation sites is 2. The molecular weight excluding hydrogens is 316 g/mol. The van der Waals surface area contributed by atoms with E-state index in [1.807, 2.05) is 42.7 Å². The zero-order chi connectivity index (χ0) is 17.8. The minimum absolute atomic E-state index is 0.0132. The van der Waals surface area contributed by atoms with Gasteiger partial charge >= 0.3 is 0 Å². The number of fused-ring (bicyclic) bond motifs is 1. The maximum atomic E-state index is 12.3. The molecule has 1 aromatic carbocycles. The van der Waals surface area contributed by atoms with Crippen LogP contribution in [0.1, 0.15) is 38.9 Å². The van der Waals surface area contributed by atoms with Crippen LogP contribution in [0.15, 0.2) is 24.3 Å². The summed E-state index contributed by atoms with van der Waals surface area (Å²) in [6, 6.07) is 7.97. The fourth-order valence-electron chi connectivity index (χ4n) is 2.85. The molecule has 134 valence electrons. The lowest BCUT2D eigenvalue weighted by Gasteiger charge is -2.14. The van der Waals surface area contributed by atoms with Crippen LogP contribution in [0, 0.1) is 5.92 Å². The van der Waals surface area contributed by atoms with Crippen LogP contribution in [0.4, 0.5) is 0 Å². The molecule has 1 aliphatic rings. The first kappa shape index (κ1) is 17.5. The molecule has 1 unspecified atom stereocenters. The van der Waals surface area contributed by atoms with Crippen molar-refractivity contribution in [2.24, 2.45) is 5.92 Å². The average Bonchev–Trinajstić information content (AvgIpc) is 3.39. The molecule has 1 saturated carbocycles. The number of aromatic nitrogens is 2. The Bertz CT molecular complexity index is 764. The topological polar surface area (TPSA) is 76.0 Å². The summed E-state index contributed by atoms with van der Waals surface area (Å²) in [6.07, 6.45) is 3.51. The highest BCUT2D eigenvalue weighted by molar-refractivity contribution is 5.82. The van der Waals surface area contributed by atoms with E-state index >= 15 is 0 Å². The molecule has 6 nitrogen and oxygen atoms in total. The zero-order valence-corrected chi connectivity index (χ0v) is 14.9. The third-order valence-corrected chi connectivity index (χ3v) is 4.65. The third-order valence-electron chi connectivity index (χ3n) is 4.65. The average molecular weight is 342 g/mol. The second-order valence-corrected chi connectivity index (χ2v) is 6.80. The second kappa shape index (κ2) is 7.68. The van der Waals surface area contributed by atoms with E-state index < -0.39 is 0 Å². The van der Waals surface area contributed by atoms with Gasteiger partial charge in [0.25, 0.3) is 0 Å². The van der Waals surface area contributed by atoms with Gasteiger partial charge in [-0.25, -0.2) is 4.98 Å². The Labute approximate surface area is 148 Å². The summed E-state index contributed by atoms with van der Waals surface area (Å²) in [5.74, 6) is 1.16. The molecular formula is C19H26N4O2. The van der Waals surface area contributed by atoms with Gasteiger partial charge in [-0.1, -0.05) is 19.1 Å². The van der Waals surface area contributed by atoms with Crippen molar-refractivity contribution in [2.75, 3.05) is 6.54 Å². The SMILES string of the molecule is CCC(C)NC(=O)Cn1c(CCNC(=O)C2CC2)nc2ccccc21. The van der Waals surface area contributed by atoms with E-state index in [0.29, 0.717) is 13.0 Å². The van der Waals surface area contributed by atoms with Crippen LogP contribution in [0.5, 0.6) is 0 Å². The molecule has 2 aromatic rings. The number of hydrogen-bond donors (Lipinski definition) is 2. The molecule has 25 heavy (non-hydrogen) atoms. The molecule has 1 aromatic heterocycles. The van der Waals surface area contributed by atoms with Gasteiger partial charge in [-0.15, -0.1) is 0 Å². The summed E-state index contributed by atoms with van der Waals surface area (Å²) >= 11 is 0. The summed E-state index contributed by atoms with van der Waals surface area (Å²) in [5, 5.41) is 5.97. The van der Waals surface area contributed by atoms with E-state index in [-0.39, 0.29) is 30.3 Å². The predicted molar refractivity (Wildman–Crippen MR) is 97.1 cm³/mol. The van der Waals surface area contributed by atoms with Gasteiger partial charge in [0.05, 0.1) is 11.0 Å². The lowest BCUT2D eigenvalue weighted by molar-refractivity contribution is -0.123. The summed E-state index contributed by atoms with van der Waals surface area (Å²) in [5.41, 5.74) is 1.83.